The predicted molar refractivity (Wildman–Crippen MR) is 87.7 cm³/mol. The molecule has 7 nitrogen and oxygen atoms in total. The summed E-state index contributed by atoms with van der Waals surface area (Å²) in [5, 5.41) is 14.7. The monoisotopic (exact) mass is 304 g/mol. The lowest BCUT2D eigenvalue weighted by molar-refractivity contribution is -0.384. The Morgan fingerprint density at radius 3 is 2.14 bits per heavy atom. The maximum atomic E-state index is 11.7. The van der Waals surface area contributed by atoms with Crippen molar-refractivity contribution in [2.75, 3.05) is 5.43 Å². The molecule has 7 heteroatoms. The van der Waals surface area contributed by atoms with Gasteiger partial charge in [-0.25, -0.2) is 0 Å². The van der Waals surface area contributed by atoms with Crippen molar-refractivity contribution < 1.29 is 9.72 Å². The quantitative estimate of drug-likeness (QED) is 0.513. The molecular weight excluding hydrogens is 284 g/mol. The maximum Gasteiger partial charge on any atom is 0.269 e. The van der Waals surface area contributed by atoms with Crippen molar-refractivity contribution in [1.82, 2.24) is 0 Å². The van der Waals surface area contributed by atoms with Crippen molar-refractivity contribution in [3.05, 3.63) is 34.4 Å². The fraction of sp³-hybridized carbons (Fsp3) is 0.400. The van der Waals surface area contributed by atoms with Crippen molar-refractivity contribution in [2.45, 2.75) is 40.2 Å². The first kappa shape index (κ1) is 17.5. The Morgan fingerprint density at radius 1 is 1.18 bits per heavy atom. The summed E-state index contributed by atoms with van der Waals surface area (Å²) in [7, 11) is 0. The zero-order valence-corrected chi connectivity index (χ0v) is 13.4. The van der Waals surface area contributed by atoms with Crippen LogP contribution in [0.4, 0.5) is 11.4 Å². The highest BCUT2D eigenvalue weighted by Crippen LogP contribution is 2.15. The lowest BCUT2D eigenvalue weighted by Crippen LogP contribution is -2.24. The van der Waals surface area contributed by atoms with Gasteiger partial charge in [-0.1, -0.05) is 0 Å². The van der Waals surface area contributed by atoms with E-state index in [1.165, 1.54) is 31.2 Å². The third kappa shape index (κ3) is 5.43. The molecule has 118 valence electrons. The number of ketones is 1. The highest BCUT2D eigenvalue weighted by atomic mass is 16.6. The molecule has 0 aliphatic carbocycles. The van der Waals surface area contributed by atoms with Crippen LogP contribution in [-0.4, -0.2) is 27.7 Å². The molecule has 0 amide bonds. The minimum atomic E-state index is -0.478. The summed E-state index contributed by atoms with van der Waals surface area (Å²) in [5.74, 6) is -0.208. The Labute approximate surface area is 129 Å². The van der Waals surface area contributed by atoms with E-state index in [1.54, 1.807) is 6.92 Å². The summed E-state index contributed by atoms with van der Waals surface area (Å²) < 4.78 is 0. The van der Waals surface area contributed by atoms with Crippen molar-refractivity contribution in [1.29, 1.82) is 0 Å². The number of hydrogen-bond donors (Lipinski definition) is 1. The first-order valence-electron chi connectivity index (χ1n) is 6.76. The maximum absolute atomic E-state index is 11.7. The second-order valence-electron chi connectivity index (χ2n) is 5.80. The topological polar surface area (TPSA) is 97.0 Å². The minimum absolute atomic E-state index is 0.00760. The smallest absolute Gasteiger partial charge is 0.269 e. The number of hydrogen-bond acceptors (Lipinski definition) is 6. The van der Waals surface area contributed by atoms with E-state index < -0.39 is 4.92 Å². The highest BCUT2D eigenvalue weighted by molar-refractivity contribution is 6.66. The van der Waals surface area contributed by atoms with Crippen LogP contribution in [0.5, 0.6) is 0 Å². The molecule has 0 aliphatic rings. The van der Waals surface area contributed by atoms with Gasteiger partial charge in [0, 0.05) is 19.1 Å². The van der Waals surface area contributed by atoms with E-state index in [-0.39, 0.29) is 22.7 Å². The Kier molecular flexibility index (Phi) is 5.50. The number of benzene rings is 1. The normalized spacial score (nSPS) is 13.0. The van der Waals surface area contributed by atoms with Crippen molar-refractivity contribution in [3.8, 4) is 0 Å². The third-order valence-corrected chi connectivity index (χ3v) is 2.55. The molecule has 1 aromatic rings. The standard InChI is InChI=1S/C15H20N4O3/c1-10(16-15(3,4)5)14(11(2)20)18-17-12-6-8-13(9-7-12)19(21)22/h6-9,17H,1-5H3/b16-10?,18-14+. The van der Waals surface area contributed by atoms with Crippen LogP contribution < -0.4 is 5.43 Å². The zero-order chi connectivity index (χ0) is 16.9. The van der Waals surface area contributed by atoms with Gasteiger partial charge in [-0.2, -0.15) is 5.10 Å². The molecule has 0 bridgehead atoms. The molecule has 0 aromatic heterocycles. The van der Waals surface area contributed by atoms with Crippen molar-refractivity contribution in [3.63, 3.8) is 0 Å². The molecule has 0 atom stereocenters. The Hall–Kier alpha value is -2.57. The van der Waals surface area contributed by atoms with Crippen molar-refractivity contribution in [2.24, 2.45) is 10.1 Å². The highest BCUT2D eigenvalue weighted by Gasteiger charge is 2.15. The van der Waals surface area contributed by atoms with Crippen LogP contribution in [0, 0.1) is 10.1 Å². The third-order valence-electron chi connectivity index (χ3n) is 2.55. The SMILES string of the molecule is CC(=O)/C(=N/Nc1ccc([N+](=O)[O-])cc1)C(C)=NC(C)(C)C. The summed E-state index contributed by atoms with van der Waals surface area (Å²) in [6, 6.07) is 5.77. The van der Waals surface area contributed by atoms with Gasteiger partial charge in [-0.3, -0.25) is 25.3 Å². The fourth-order valence-corrected chi connectivity index (χ4v) is 1.75. The number of hydrazone groups is 1. The number of Topliss-reactive ketones (excluding diaryl/α,β-unsaturated/α-hetero) is 1. The molecule has 0 fully saturated rings. The molecule has 0 radical (unpaired) electrons. The number of non-ortho nitro benzene ring substituents is 1. The van der Waals surface area contributed by atoms with Crippen LogP contribution >= 0.6 is 0 Å². The minimum Gasteiger partial charge on any atom is -0.293 e. The number of rotatable bonds is 5. The fourth-order valence-electron chi connectivity index (χ4n) is 1.75. The van der Waals surface area contributed by atoms with Gasteiger partial charge in [0.25, 0.3) is 5.69 Å². The lowest BCUT2D eigenvalue weighted by atomic mass is 10.1. The average molecular weight is 304 g/mol. The predicted octanol–water partition coefficient (Wildman–Crippen LogP) is 3.21. The van der Waals surface area contributed by atoms with E-state index in [0.29, 0.717) is 11.4 Å². The number of carbonyl (C=O) groups excluding carboxylic acids is 1. The number of aliphatic imine (C=N–C) groups is 1. The molecule has 0 unspecified atom stereocenters. The number of carbonyl (C=O) groups is 1. The first-order chi connectivity index (χ1) is 10.1. The number of nitrogens with zero attached hydrogens (tertiary/aromatic N) is 3. The van der Waals surface area contributed by atoms with Gasteiger partial charge in [0.15, 0.2) is 5.78 Å². The van der Waals surface area contributed by atoms with E-state index >= 15 is 0 Å². The molecule has 0 spiro atoms. The molecule has 0 saturated heterocycles. The number of nitro groups is 1. The largest absolute Gasteiger partial charge is 0.293 e. The molecular formula is C15H20N4O3. The van der Waals surface area contributed by atoms with E-state index in [9.17, 15) is 14.9 Å². The number of nitro benzene ring substituents is 1. The molecule has 0 saturated carbocycles. The second kappa shape index (κ2) is 6.93. The van der Waals surface area contributed by atoms with Gasteiger partial charge in [0.1, 0.15) is 5.71 Å². The zero-order valence-electron chi connectivity index (χ0n) is 13.4. The van der Waals surface area contributed by atoms with Crippen LogP contribution in [0.3, 0.4) is 0 Å². The van der Waals surface area contributed by atoms with Gasteiger partial charge in [-0.05, 0) is 39.8 Å². The van der Waals surface area contributed by atoms with Gasteiger partial charge in [0.2, 0.25) is 0 Å². The summed E-state index contributed by atoms with van der Waals surface area (Å²) >= 11 is 0. The van der Waals surface area contributed by atoms with Crippen LogP contribution in [0.15, 0.2) is 34.4 Å². The Morgan fingerprint density at radius 2 is 1.73 bits per heavy atom. The van der Waals surface area contributed by atoms with Crippen molar-refractivity contribution >= 4 is 28.6 Å². The van der Waals surface area contributed by atoms with Gasteiger partial charge in [0.05, 0.1) is 21.9 Å². The molecule has 0 heterocycles. The van der Waals surface area contributed by atoms with Crippen LogP contribution in [0.1, 0.15) is 34.6 Å². The number of anilines is 1. The van der Waals surface area contributed by atoms with E-state index in [2.05, 4.69) is 15.5 Å². The summed E-state index contributed by atoms with van der Waals surface area (Å²) in [5.41, 5.74) is 3.72. The van der Waals surface area contributed by atoms with Gasteiger partial charge in [-0.15, -0.1) is 0 Å². The summed E-state index contributed by atoms with van der Waals surface area (Å²) in [4.78, 5) is 26.2. The molecule has 0 aliphatic heterocycles. The van der Waals surface area contributed by atoms with Crippen LogP contribution in [0.2, 0.25) is 0 Å². The lowest BCUT2D eigenvalue weighted by Gasteiger charge is -2.14. The second-order valence-corrected chi connectivity index (χ2v) is 5.80. The molecule has 1 N–H and O–H groups in total. The Bertz CT molecular complexity index is 625. The van der Waals surface area contributed by atoms with E-state index in [4.69, 9.17) is 0 Å². The van der Waals surface area contributed by atoms with E-state index in [0.717, 1.165) is 0 Å². The number of nitrogens with one attached hydrogen (secondary N) is 1. The van der Waals surface area contributed by atoms with Crippen LogP contribution in [0.25, 0.3) is 0 Å². The Balaban J connectivity index is 2.98. The molecule has 1 aromatic carbocycles. The van der Waals surface area contributed by atoms with Gasteiger partial charge < -0.3 is 0 Å². The molecule has 1 rings (SSSR count). The summed E-state index contributed by atoms with van der Waals surface area (Å²) in [6.07, 6.45) is 0. The van der Waals surface area contributed by atoms with Gasteiger partial charge >= 0.3 is 0 Å². The average Bonchev–Trinajstić information content (AvgIpc) is 2.36. The van der Waals surface area contributed by atoms with E-state index in [1.807, 2.05) is 20.8 Å². The summed E-state index contributed by atoms with van der Waals surface area (Å²) in [6.45, 7) is 8.93. The first-order valence-corrected chi connectivity index (χ1v) is 6.76. The van der Waals surface area contributed by atoms with Crippen LogP contribution in [-0.2, 0) is 4.79 Å². The molecule has 22 heavy (non-hydrogen) atoms.